The van der Waals surface area contributed by atoms with Crippen molar-refractivity contribution in [3.8, 4) is 0 Å². The number of carbonyl (C=O) groups is 1. The van der Waals surface area contributed by atoms with Crippen LogP contribution in [0.25, 0.3) is 0 Å². The zero-order valence-electron chi connectivity index (χ0n) is 9.77. The van der Waals surface area contributed by atoms with Gasteiger partial charge in [-0.3, -0.25) is 0 Å². The van der Waals surface area contributed by atoms with Gasteiger partial charge in [-0.1, -0.05) is 0 Å². The summed E-state index contributed by atoms with van der Waals surface area (Å²) in [6, 6.07) is 0. The van der Waals surface area contributed by atoms with Gasteiger partial charge in [0.25, 0.3) is 0 Å². The lowest BCUT2D eigenvalue weighted by molar-refractivity contribution is 0.0539. The predicted molar refractivity (Wildman–Crippen MR) is 54.0 cm³/mol. The molecule has 1 atom stereocenters. The Bertz CT molecular complexity index is 360. The fourth-order valence-corrected chi connectivity index (χ4v) is 1.13. The maximum absolute atomic E-state index is 11.4. The smallest absolute Gasteiger partial charge is 0.376 e. The van der Waals surface area contributed by atoms with Crippen LogP contribution in [0, 0.1) is 0 Å². The highest BCUT2D eigenvalue weighted by Gasteiger charge is 2.23. The maximum atomic E-state index is 11.4. The highest BCUT2D eigenvalue weighted by Crippen LogP contribution is 2.20. The Morgan fingerprint density at radius 2 is 2.12 bits per heavy atom. The minimum absolute atomic E-state index is 0.0586. The van der Waals surface area contributed by atoms with Gasteiger partial charge in [0.2, 0.25) is 11.7 Å². The number of nitrogens with zero attached hydrogens (tertiary/aromatic N) is 1. The molecule has 0 saturated heterocycles. The van der Waals surface area contributed by atoms with Gasteiger partial charge in [0.15, 0.2) is 0 Å². The molecule has 6 nitrogen and oxygen atoms in total. The van der Waals surface area contributed by atoms with Crippen LogP contribution in [0.4, 0.5) is 0 Å². The summed E-state index contributed by atoms with van der Waals surface area (Å²) in [5.74, 6) is -0.188. The Labute approximate surface area is 93.5 Å². The van der Waals surface area contributed by atoms with Gasteiger partial charge in [-0.05, 0) is 6.92 Å². The van der Waals surface area contributed by atoms with Crippen LogP contribution in [0.3, 0.4) is 0 Å². The number of hydrogen-bond acceptors (Lipinski definition) is 6. The van der Waals surface area contributed by atoms with Gasteiger partial charge in [0.1, 0.15) is 11.8 Å². The predicted octanol–water partition coefficient (Wildman–Crippen LogP) is 1.31. The number of hydrogen-bond donors (Lipinski definition) is 0. The zero-order chi connectivity index (χ0) is 12.1. The summed E-state index contributed by atoms with van der Waals surface area (Å²) in [5, 5.41) is 0. The Kier molecular flexibility index (Phi) is 4.45. The standard InChI is InChI=1S/C10H15NO5/c1-6(14-3)9-11-7(5-13-2)8(16-9)10(12)15-4/h6H,5H2,1-4H3. The van der Waals surface area contributed by atoms with Gasteiger partial charge in [-0.2, -0.15) is 0 Å². The number of carbonyl (C=O) groups excluding carboxylic acids is 1. The van der Waals surface area contributed by atoms with E-state index in [1.807, 2.05) is 0 Å². The van der Waals surface area contributed by atoms with Crippen LogP contribution in [0.1, 0.15) is 35.2 Å². The second-order valence-electron chi connectivity index (χ2n) is 3.13. The van der Waals surface area contributed by atoms with Gasteiger partial charge in [-0.15, -0.1) is 0 Å². The molecular formula is C10H15NO5. The van der Waals surface area contributed by atoms with Crippen LogP contribution >= 0.6 is 0 Å². The lowest BCUT2D eigenvalue weighted by atomic mass is 10.3. The molecule has 0 saturated carbocycles. The van der Waals surface area contributed by atoms with Crippen LogP contribution in [0.15, 0.2) is 4.42 Å². The average Bonchev–Trinajstić information content (AvgIpc) is 2.71. The monoisotopic (exact) mass is 229 g/mol. The molecule has 0 aliphatic heterocycles. The molecule has 1 heterocycles. The molecule has 1 aromatic rings. The summed E-state index contributed by atoms with van der Waals surface area (Å²) in [5.41, 5.74) is 0.410. The largest absolute Gasteiger partial charge is 0.463 e. The third-order valence-corrected chi connectivity index (χ3v) is 2.07. The van der Waals surface area contributed by atoms with E-state index in [2.05, 4.69) is 9.72 Å². The van der Waals surface area contributed by atoms with E-state index in [0.717, 1.165) is 0 Å². The van der Waals surface area contributed by atoms with Crippen molar-refractivity contribution < 1.29 is 23.4 Å². The molecule has 0 aromatic carbocycles. The highest BCUT2D eigenvalue weighted by molar-refractivity contribution is 5.87. The summed E-state index contributed by atoms with van der Waals surface area (Å²) in [4.78, 5) is 15.5. The Balaban J connectivity index is 3.04. The molecule has 90 valence electrons. The first kappa shape index (κ1) is 12.7. The highest BCUT2D eigenvalue weighted by atomic mass is 16.5. The van der Waals surface area contributed by atoms with Crippen LogP contribution in [0.5, 0.6) is 0 Å². The Morgan fingerprint density at radius 3 is 2.62 bits per heavy atom. The minimum atomic E-state index is -0.575. The first-order valence-corrected chi connectivity index (χ1v) is 4.73. The normalized spacial score (nSPS) is 12.5. The summed E-state index contributed by atoms with van der Waals surface area (Å²) in [6.45, 7) is 1.95. The molecule has 0 radical (unpaired) electrons. The van der Waals surface area contributed by atoms with Crippen molar-refractivity contribution in [3.05, 3.63) is 17.3 Å². The molecule has 1 unspecified atom stereocenters. The van der Waals surface area contributed by atoms with Crippen molar-refractivity contribution in [2.75, 3.05) is 21.3 Å². The maximum Gasteiger partial charge on any atom is 0.376 e. The Morgan fingerprint density at radius 1 is 1.44 bits per heavy atom. The van der Waals surface area contributed by atoms with Gasteiger partial charge in [0, 0.05) is 14.2 Å². The molecule has 0 fully saturated rings. The molecule has 0 spiro atoms. The van der Waals surface area contributed by atoms with Gasteiger partial charge < -0.3 is 18.6 Å². The molecule has 0 N–H and O–H groups in total. The van der Waals surface area contributed by atoms with E-state index in [1.54, 1.807) is 6.92 Å². The summed E-state index contributed by atoms with van der Waals surface area (Å²) in [7, 11) is 4.32. The van der Waals surface area contributed by atoms with Gasteiger partial charge in [-0.25, -0.2) is 9.78 Å². The molecule has 16 heavy (non-hydrogen) atoms. The fourth-order valence-electron chi connectivity index (χ4n) is 1.13. The van der Waals surface area contributed by atoms with E-state index in [0.29, 0.717) is 11.6 Å². The third-order valence-electron chi connectivity index (χ3n) is 2.07. The van der Waals surface area contributed by atoms with E-state index >= 15 is 0 Å². The van der Waals surface area contributed by atoms with E-state index in [1.165, 1.54) is 21.3 Å². The minimum Gasteiger partial charge on any atom is -0.463 e. The first-order chi connectivity index (χ1) is 7.63. The number of oxazole rings is 1. The van der Waals surface area contributed by atoms with Crippen molar-refractivity contribution in [2.24, 2.45) is 0 Å². The van der Waals surface area contributed by atoms with Crippen molar-refractivity contribution in [3.63, 3.8) is 0 Å². The number of ether oxygens (including phenoxy) is 3. The van der Waals surface area contributed by atoms with E-state index in [9.17, 15) is 4.79 Å². The molecule has 0 bridgehead atoms. The number of aromatic nitrogens is 1. The lowest BCUT2D eigenvalue weighted by Gasteiger charge is -2.02. The average molecular weight is 229 g/mol. The van der Waals surface area contributed by atoms with Crippen LogP contribution in [-0.4, -0.2) is 32.3 Å². The number of esters is 1. The van der Waals surface area contributed by atoms with E-state index < -0.39 is 5.97 Å². The second-order valence-corrected chi connectivity index (χ2v) is 3.13. The SMILES string of the molecule is COCc1nc(C(C)OC)oc1C(=O)OC. The molecule has 0 amide bonds. The van der Waals surface area contributed by atoms with Crippen molar-refractivity contribution in [1.82, 2.24) is 4.98 Å². The molecule has 6 heteroatoms. The molecule has 1 rings (SSSR count). The topological polar surface area (TPSA) is 70.8 Å². The zero-order valence-corrected chi connectivity index (χ0v) is 9.77. The van der Waals surface area contributed by atoms with Crippen molar-refractivity contribution in [1.29, 1.82) is 0 Å². The van der Waals surface area contributed by atoms with Crippen LogP contribution in [0.2, 0.25) is 0 Å². The molecule has 1 aromatic heterocycles. The Hall–Kier alpha value is -1.40. The fraction of sp³-hybridized carbons (Fsp3) is 0.600. The third kappa shape index (κ3) is 2.59. The first-order valence-electron chi connectivity index (χ1n) is 4.73. The summed E-state index contributed by atoms with van der Waals surface area (Å²) >= 11 is 0. The van der Waals surface area contributed by atoms with Crippen molar-refractivity contribution in [2.45, 2.75) is 19.6 Å². The van der Waals surface area contributed by atoms with Gasteiger partial charge >= 0.3 is 5.97 Å². The summed E-state index contributed by atoms with van der Waals surface area (Å²) < 4.78 is 19.8. The molecular weight excluding hydrogens is 214 g/mol. The lowest BCUT2D eigenvalue weighted by Crippen LogP contribution is -2.04. The van der Waals surface area contributed by atoms with E-state index in [4.69, 9.17) is 13.9 Å². The van der Waals surface area contributed by atoms with Crippen LogP contribution in [-0.2, 0) is 20.8 Å². The van der Waals surface area contributed by atoms with Gasteiger partial charge in [0.05, 0.1) is 13.7 Å². The summed E-state index contributed by atoms with van der Waals surface area (Å²) in [6.07, 6.45) is -0.325. The van der Waals surface area contributed by atoms with Crippen LogP contribution < -0.4 is 0 Å². The number of rotatable bonds is 5. The van der Waals surface area contributed by atoms with E-state index in [-0.39, 0.29) is 18.5 Å². The molecule has 0 aliphatic rings. The number of methoxy groups -OCH3 is 3. The molecule has 0 aliphatic carbocycles. The quantitative estimate of drug-likeness (QED) is 0.709. The second kappa shape index (κ2) is 5.62. The van der Waals surface area contributed by atoms with Crippen molar-refractivity contribution >= 4 is 5.97 Å².